The Morgan fingerprint density at radius 1 is 1.22 bits per heavy atom. The molecule has 0 unspecified atom stereocenters. The second kappa shape index (κ2) is 15.1. The monoisotopic (exact) mass is 277 g/mol. The maximum Gasteiger partial charge on any atom is 1.00 e. The van der Waals surface area contributed by atoms with Crippen LogP contribution in [0.2, 0.25) is 0 Å². The molecule has 0 rings (SSSR count). The Balaban J connectivity index is 0. The summed E-state index contributed by atoms with van der Waals surface area (Å²) < 4.78 is 0. The number of rotatable bonds is 9. The van der Waals surface area contributed by atoms with Crippen LogP contribution in [0.5, 0.6) is 0 Å². The van der Waals surface area contributed by atoms with Crippen LogP contribution in [0.1, 0.15) is 39.0 Å². The summed E-state index contributed by atoms with van der Waals surface area (Å²) in [5, 5.41) is 19.3. The first kappa shape index (κ1) is 20.4. The number of hydrogen-bond donors (Lipinski definition) is 1. The molecule has 5 heteroatoms. The van der Waals surface area contributed by atoms with E-state index in [0.717, 1.165) is 44.3 Å². The minimum absolute atomic E-state index is 0. The largest absolute Gasteiger partial charge is 1.00 e. The van der Waals surface area contributed by atoms with Gasteiger partial charge in [-0.3, -0.25) is 0 Å². The number of carboxylic acid groups (broad SMARTS) is 1. The SMILES string of the molecule is CC/C=C/CCCCCN=C([O-])/C=C/C(=O)O.[K+]. The van der Waals surface area contributed by atoms with Gasteiger partial charge in [0.2, 0.25) is 0 Å². The summed E-state index contributed by atoms with van der Waals surface area (Å²) in [5.74, 6) is -1.60. The predicted octanol–water partition coefficient (Wildman–Crippen LogP) is -1.08. The molecule has 0 atom stereocenters. The van der Waals surface area contributed by atoms with Gasteiger partial charge >= 0.3 is 57.4 Å². The Morgan fingerprint density at radius 3 is 2.56 bits per heavy atom. The minimum atomic E-state index is -1.13. The first-order valence-electron chi connectivity index (χ1n) is 5.94. The minimum Gasteiger partial charge on any atom is -0.859 e. The molecule has 1 N–H and O–H groups in total. The molecule has 4 nitrogen and oxygen atoms in total. The van der Waals surface area contributed by atoms with Crippen LogP contribution in [0, 0.1) is 0 Å². The van der Waals surface area contributed by atoms with Crippen molar-refractivity contribution >= 4 is 11.9 Å². The fourth-order valence-electron chi connectivity index (χ4n) is 1.22. The van der Waals surface area contributed by atoms with Crippen molar-refractivity contribution in [3.8, 4) is 0 Å². The van der Waals surface area contributed by atoms with Crippen LogP contribution in [0.4, 0.5) is 0 Å². The van der Waals surface area contributed by atoms with E-state index >= 15 is 0 Å². The van der Waals surface area contributed by atoms with Gasteiger partial charge < -0.3 is 15.2 Å². The third kappa shape index (κ3) is 16.1. The normalized spacial score (nSPS) is 11.9. The van der Waals surface area contributed by atoms with E-state index in [9.17, 15) is 9.90 Å². The average molecular weight is 277 g/mol. The molecular formula is C13H20KNO3. The molecule has 0 aliphatic carbocycles. The second-order valence-corrected chi connectivity index (χ2v) is 3.62. The van der Waals surface area contributed by atoms with Gasteiger partial charge in [0.05, 0.1) is 0 Å². The van der Waals surface area contributed by atoms with Crippen molar-refractivity contribution in [3.63, 3.8) is 0 Å². The Hall–Kier alpha value is 0.0564. The smallest absolute Gasteiger partial charge is 0.859 e. The molecule has 0 aromatic rings. The van der Waals surface area contributed by atoms with E-state index < -0.39 is 11.9 Å². The summed E-state index contributed by atoms with van der Waals surface area (Å²) in [7, 11) is 0. The van der Waals surface area contributed by atoms with E-state index in [0.29, 0.717) is 6.54 Å². The van der Waals surface area contributed by atoms with Crippen LogP contribution in [0.25, 0.3) is 0 Å². The molecule has 0 heterocycles. The average Bonchev–Trinajstić information content (AvgIpc) is 2.30. The van der Waals surface area contributed by atoms with Crippen molar-refractivity contribution in [2.45, 2.75) is 39.0 Å². The van der Waals surface area contributed by atoms with Crippen molar-refractivity contribution in [1.29, 1.82) is 0 Å². The molecule has 0 fully saturated rings. The topological polar surface area (TPSA) is 72.7 Å². The maximum atomic E-state index is 11.0. The molecule has 0 aliphatic heterocycles. The van der Waals surface area contributed by atoms with Gasteiger partial charge in [-0.05, 0) is 37.7 Å². The summed E-state index contributed by atoms with van der Waals surface area (Å²) >= 11 is 0. The molecule has 0 bridgehead atoms. The quantitative estimate of drug-likeness (QED) is 0.145. The number of allylic oxidation sites excluding steroid dienone is 2. The fraction of sp³-hybridized carbons (Fsp3) is 0.538. The first-order chi connectivity index (χ1) is 8.16. The van der Waals surface area contributed by atoms with Gasteiger partial charge in [0.15, 0.2) is 0 Å². The Kier molecular flexibility index (Phi) is 17.1. The van der Waals surface area contributed by atoms with Crippen LogP contribution in [0.15, 0.2) is 29.3 Å². The molecule has 18 heavy (non-hydrogen) atoms. The summed E-state index contributed by atoms with van der Waals surface area (Å²) in [6, 6.07) is 0. The van der Waals surface area contributed by atoms with Crippen LogP contribution in [0.3, 0.4) is 0 Å². The Morgan fingerprint density at radius 2 is 1.94 bits per heavy atom. The zero-order valence-electron chi connectivity index (χ0n) is 11.3. The third-order valence-electron chi connectivity index (χ3n) is 2.07. The Labute approximate surface area is 151 Å². The molecule has 0 spiro atoms. The number of unbranched alkanes of at least 4 members (excludes halogenated alkanes) is 3. The van der Waals surface area contributed by atoms with Gasteiger partial charge in [-0.25, -0.2) is 4.79 Å². The van der Waals surface area contributed by atoms with E-state index in [-0.39, 0.29) is 51.4 Å². The number of aliphatic imine (C=N–C) groups is 1. The van der Waals surface area contributed by atoms with E-state index in [1.165, 1.54) is 0 Å². The standard InChI is InChI=1S/C13H21NO3.K/c1-2-3-4-5-6-7-8-11-14-12(15)9-10-13(16)17;/h3-4,9-10H,2,5-8,11H2,1H3,(H,14,15)(H,16,17);/q;+1/p-1/b4-3+,10-9+;. The number of carboxylic acids is 1. The number of nitrogens with zero attached hydrogens (tertiary/aromatic N) is 1. The van der Waals surface area contributed by atoms with Crippen molar-refractivity contribution in [1.82, 2.24) is 0 Å². The molecule has 0 saturated carbocycles. The number of carbonyl (C=O) groups is 1. The molecular weight excluding hydrogens is 257 g/mol. The molecule has 0 radical (unpaired) electrons. The molecule has 0 saturated heterocycles. The van der Waals surface area contributed by atoms with Crippen LogP contribution in [-0.4, -0.2) is 23.5 Å². The number of aliphatic carboxylic acids is 1. The van der Waals surface area contributed by atoms with Gasteiger partial charge in [-0.2, -0.15) is 0 Å². The zero-order valence-corrected chi connectivity index (χ0v) is 14.4. The third-order valence-corrected chi connectivity index (χ3v) is 2.07. The van der Waals surface area contributed by atoms with Crippen LogP contribution in [-0.2, 0) is 4.79 Å². The molecule has 0 aromatic heterocycles. The number of hydrogen-bond acceptors (Lipinski definition) is 3. The summed E-state index contributed by atoms with van der Waals surface area (Å²) in [5.41, 5.74) is 0. The summed E-state index contributed by atoms with van der Waals surface area (Å²) in [6.07, 6.45) is 11.2. The van der Waals surface area contributed by atoms with Crippen molar-refractivity contribution in [3.05, 3.63) is 24.3 Å². The molecule has 0 amide bonds. The molecule has 0 aromatic carbocycles. The van der Waals surface area contributed by atoms with Gasteiger partial charge in [0.1, 0.15) is 0 Å². The predicted molar refractivity (Wildman–Crippen MR) is 67.0 cm³/mol. The van der Waals surface area contributed by atoms with Gasteiger partial charge in [0.25, 0.3) is 0 Å². The van der Waals surface area contributed by atoms with E-state index in [1.807, 2.05) is 0 Å². The van der Waals surface area contributed by atoms with Crippen LogP contribution < -0.4 is 56.5 Å². The van der Waals surface area contributed by atoms with Crippen molar-refractivity contribution < 1.29 is 66.4 Å². The van der Waals surface area contributed by atoms with Crippen molar-refractivity contribution in [2.75, 3.05) is 6.54 Å². The fourth-order valence-corrected chi connectivity index (χ4v) is 1.22. The van der Waals surface area contributed by atoms with Gasteiger partial charge in [-0.1, -0.05) is 25.5 Å². The first-order valence-corrected chi connectivity index (χ1v) is 5.94. The Bertz CT molecular complexity index is 299. The van der Waals surface area contributed by atoms with Crippen LogP contribution >= 0.6 is 0 Å². The van der Waals surface area contributed by atoms with E-state index in [2.05, 4.69) is 24.1 Å². The second-order valence-electron chi connectivity index (χ2n) is 3.62. The van der Waals surface area contributed by atoms with E-state index in [1.54, 1.807) is 0 Å². The summed E-state index contributed by atoms with van der Waals surface area (Å²) in [4.78, 5) is 13.8. The molecule has 0 aliphatic rings. The zero-order chi connectivity index (χ0) is 12.9. The van der Waals surface area contributed by atoms with Gasteiger partial charge in [0, 0.05) is 12.6 Å². The van der Waals surface area contributed by atoms with E-state index in [4.69, 9.17) is 5.11 Å². The summed E-state index contributed by atoms with van der Waals surface area (Å²) in [6.45, 7) is 2.58. The molecule has 96 valence electrons. The van der Waals surface area contributed by atoms with Crippen molar-refractivity contribution in [2.24, 2.45) is 4.99 Å². The maximum absolute atomic E-state index is 11.0. The van der Waals surface area contributed by atoms with Gasteiger partial charge in [-0.15, -0.1) is 0 Å².